The molecule has 0 aliphatic rings. The predicted octanol–water partition coefficient (Wildman–Crippen LogP) is 2.67. The van der Waals surface area contributed by atoms with Gasteiger partial charge in [0.1, 0.15) is 6.29 Å². The maximum Gasteiger partial charge on any atom is 0.190 e. The third kappa shape index (κ3) is 2.52. The molecule has 0 saturated heterocycles. The van der Waals surface area contributed by atoms with E-state index in [0.717, 1.165) is 6.29 Å². The smallest absolute Gasteiger partial charge is 0.190 e. The fraction of sp³-hybridized carbons (Fsp3) is 0.364. The van der Waals surface area contributed by atoms with Gasteiger partial charge in [-0.25, -0.2) is 8.78 Å². The van der Waals surface area contributed by atoms with Crippen LogP contribution in [0, 0.1) is 11.6 Å². The first kappa shape index (κ1) is 11.6. The lowest BCUT2D eigenvalue weighted by Crippen LogP contribution is -1.99. The van der Waals surface area contributed by atoms with Crippen LogP contribution in [-0.4, -0.2) is 13.4 Å². The lowest BCUT2D eigenvalue weighted by atomic mass is 9.98. The van der Waals surface area contributed by atoms with E-state index in [9.17, 15) is 13.6 Å². The third-order valence-corrected chi connectivity index (χ3v) is 2.24. The summed E-state index contributed by atoms with van der Waals surface area (Å²) in [5.74, 6) is -2.08. The highest BCUT2D eigenvalue weighted by Crippen LogP contribution is 2.27. The second-order valence-corrected chi connectivity index (χ2v) is 3.32. The van der Waals surface area contributed by atoms with Gasteiger partial charge in [0.05, 0.1) is 7.11 Å². The Morgan fingerprint density at radius 1 is 1.40 bits per heavy atom. The third-order valence-electron chi connectivity index (χ3n) is 2.24. The quantitative estimate of drug-likeness (QED) is 0.720. The van der Waals surface area contributed by atoms with Crippen LogP contribution in [0.3, 0.4) is 0 Å². The highest BCUT2D eigenvalue weighted by molar-refractivity contribution is 5.51. The molecule has 1 atom stereocenters. The Bertz CT molecular complexity index is 341. The molecule has 1 aromatic carbocycles. The van der Waals surface area contributed by atoms with Crippen LogP contribution in [-0.2, 0) is 4.79 Å². The van der Waals surface area contributed by atoms with Gasteiger partial charge in [-0.15, -0.1) is 0 Å². The molecule has 0 N–H and O–H groups in total. The van der Waals surface area contributed by atoms with Crippen molar-refractivity contribution in [3.63, 3.8) is 0 Å². The average Bonchev–Trinajstić information content (AvgIpc) is 2.17. The molecule has 1 rings (SSSR count). The van der Waals surface area contributed by atoms with Crippen molar-refractivity contribution >= 4 is 6.29 Å². The van der Waals surface area contributed by atoms with E-state index in [-0.39, 0.29) is 12.3 Å². The average molecular weight is 214 g/mol. The van der Waals surface area contributed by atoms with Gasteiger partial charge in [0.25, 0.3) is 0 Å². The molecule has 0 aliphatic carbocycles. The Morgan fingerprint density at radius 3 is 2.33 bits per heavy atom. The molecule has 15 heavy (non-hydrogen) atoms. The molecule has 0 spiro atoms. The number of methoxy groups -OCH3 is 1. The maximum atomic E-state index is 13.3. The summed E-state index contributed by atoms with van der Waals surface area (Å²) < 4.78 is 31.1. The number of hydrogen-bond donors (Lipinski definition) is 0. The van der Waals surface area contributed by atoms with Crippen molar-refractivity contribution in [1.82, 2.24) is 0 Å². The number of carbonyl (C=O) groups is 1. The number of rotatable bonds is 4. The molecule has 1 aromatic rings. The molecule has 0 bridgehead atoms. The highest BCUT2D eigenvalue weighted by Gasteiger charge is 2.14. The number of aldehydes is 1. The van der Waals surface area contributed by atoms with E-state index in [1.165, 1.54) is 19.2 Å². The van der Waals surface area contributed by atoms with Crippen LogP contribution in [0.25, 0.3) is 0 Å². The van der Waals surface area contributed by atoms with Gasteiger partial charge in [0.15, 0.2) is 17.4 Å². The number of ether oxygens (including phenoxy) is 1. The van der Waals surface area contributed by atoms with E-state index < -0.39 is 17.4 Å². The summed E-state index contributed by atoms with van der Waals surface area (Å²) in [7, 11) is 1.20. The van der Waals surface area contributed by atoms with Gasteiger partial charge in [-0.1, -0.05) is 6.92 Å². The summed E-state index contributed by atoms with van der Waals surface area (Å²) >= 11 is 0. The molecule has 0 aromatic heterocycles. The van der Waals surface area contributed by atoms with Gasteiger partial charge in [0.2, 0.25) is 0 Å². The Kier molecular flexibility index (Phi) is 3.77. The van der Waals surface area contributed by atoms with Gasteiger partial charge in [-0.05, 0) is 23.6 Å². The molecule has 0 aliphatic heterocycles. The van der Waals surface area contributed by atoms with E-state index in [1.54, 1.807) is 6.92 Å². The SMILES string of the molecule is COc1c(F)cc(C(C)CC=O)cc1F. The summed E-state index contributed by atoms with van der Waals surface area (Å²) in [5, 5.41) is 0. The molecule has 2 nitrogen and oxygen atoms in total. The van der Waals surface area contributed by atoms with E-state index in [1.807, 2.05) is 0 Å². The number of halogens is 2. The Labute approximate surface area is 86.9 Å². The molecule has 4 heteroatoms. The first-order chi connectivity index (χ1) is 7.10. The molecule has 0 saturated carbocycles. The molecule has 82 valence electrons. The van der Waals surface area contributed by atoms with Gasteiger partial charge in [-0.2, -0.15) is 0 Å². The normalized spacial score (nSPS) is 12.3. The van der Waals surface area contributed by atoms with Gasteiger partial charge in [0, 0.05) is 6.42 Å². The predicted molar refractivity (Wildman–Crippen MR) is 52.0 cm³/mol. The zero-order valence-corrected chi connectivity index (χ0v) is 8.59. The monoisotopic (exact) mass is 214 g/mol. The van der Waals surface area contributed by atoms with Crippen LogP contribution in [0.5, 0.6) is 5.75 Å². The fourth-order valence-electron chi connectivity index (χ4n) is 1.34. The molecule has 0 radical (unpaired) electrons. The van der Waals surface area contributed by atoms with Crippen molar-refractivity contribution in [2.24, 2.45) is 0 Å². The minimum atomic E-state index is -0.745. The number of carbonyl (C=O) groups excluding carboxylic acids is 1. The van der Waals surface area contributed by atoms with Crippen LogP contribution < -0.4 is 4.74 Å². The fourth-order valence-corrected chi connectivity index (χ4v) is 1.34. The molecule has 0 fully saturated rings. The highest BCUT2D eigenvalue weighted by atomic mass is 19.1. The van der Waals surface area contributed by atoms with Crippen molar-refractivity contribution in [2.75, 3.05) is 7.11 Å². The Hall–Kier alpha value is -1.45. The second-order valence-electron chi connectivity index (χ2n) is 3.32. The summed E-state index contributed by atoms with van der Waals surface area (Å²) in [6.45, 7) is 1.73. The van der Waals surface area contributed by atoms with Gasteiger partial charge in [-0.3, -0.25) is 0 Å². The lowest BCUT2D eigenvalue weighted by molar-refractivity contribution is -0.108. The van der Waals surface area contributed by atoms with Crippen LogP contribution >= 0.6 is 0 Å². The van der Waals surface area contributed by atoms with Gasteiger partial charge < -0.3 is 9.53 Å². The Morgan fingerprint density at radius 2 is 1.93 bits per heavy atom. The first-order valence-corrected chi connectivity index (χ1v) is 4.56. The molecule has 0 amide bonds. The molecular formula is C11H12F2O2. The van der Waals surface area contributed by atoms with Crippen molar-refractivity contribution in [3.05, 3.63) is 29.3 Å². The van der Waals surface area contributed by atoms with Crippen LogP contribution in [0.4, 0.5) is 8.78 Å². The first-order valence-electron chi connectivity index (χ1n) is 4.56. The topological polar surface area (TPSA) is 26.3 Å². The maximum absolute atomic E-state index is 13.3. The van der Waals surface area contributed by atoms with Crippen LogP contribution in [0.2, 0.25) is 0 Å². The zero-order valence-electron chi connectivity index (χ0n) is 8.59. The second kappa shape index (κ2) is 4.87. The summed E-state index contributed by atoms with van der Waals surface area (Å²) in [4.78, 5) is 10.3. The van der Waals surface area contributed by atoms with Crippen molar-refractivity contribution < 1.29 is 18.3 Å². The summed E-state index contributed by atoms with van der Waals surface area (Å²) in [6, 6.07) is 2.38. The standard InChI is InChI=1S/C11H12F2O2/c1-7(3-4-14)8-5-9(12)11(15-2)10(13)6-8/h4-7H,3H2,1-2H3. The minimum absolute atomic E-state index is 0.197. The van der Waals surface area contributed by atoms with Crippen LogP contribution in [0.15, 0.2) is 12.1 Å². The zero-order chi connectivity index (χ0) is 11.4. The van der Waals surface area contributed by atoms with E-state index >= 15 is 0 Å². The number of hydrogen-bond acceptors (Lipinski definition) is 2. The van der Waals surface area contributed by atoms with Crippen molar-refractivity contribution in [3.8, 4) is 5.75 Å². The summed E-state index contributed by atoms with van der Waals surface area (Å²) in [6.07, 6.45) is 0.968. The minimum Gasteiger partial charge on any atom is -0.491 e. The van der Waals surface area contributed by atoms with E-state index in [4.69, 9.17) is 0 Å². The van der Waals surface area contributed by atoms with E-state index in [0.29, 0.717) is 5.56 Å². The largest absolute Gasteiger partial charge is 0.491 e. The lowest BCUT2D eigenvalue weighted by Gasteiger charge is -2.10. The molecule has 1 unspecified atom stereocenters. The van der Waals surface area contributed by atoms with E-state index in [2.05, 4.69) is 4.74 Å². The van der Waals surface area contributed by atoms with Crippen molar-refractivity contribution in [2.45, 2.75) is 19.3 Å². The number of benzene rings is 1. The van der Waals surface area contributed by atoms with Crippen molar-refractivity contribution in [1.29, 1.82) is 0 Å². The Balaban J connectivity index is 3.07. The molecule has 0 heterocycles. The van der Waals surface area contributed by atoms with Crippen LogP contribution in [0.1, 0.15) is 24.8 Å². The summed E-state index contributed by atoms with van der Waals surface area (Å²) in [5.41, 5.74) is 0.456. The molecular weight excluding hydrogens is 202 g/mol. The van der Waals surface area contributed by atoms with Gasteiger partial charge >= 0.3 is 0 Å².